The molecule has 1 aliphatic rings. The van der Waals surface area contributed by atoms with Gasteiger partial charge in [-0.2, -0.15) is 0 Å². The predicted octanol–water partition coefficient (Wildman–Crippen LogP) is 2.83. The van der Waals surface area contributed by atoms with Crippen molar-refractivity contribution in [1.29, 1.82) is 0 Å². The highest BCUT2D eigenvalue weighted by molar-refractivity contribution is 7.85. The molecule has 92 valence electrons. The zero-order valence-electron chi connectivity index (χ0n) is 9.59. The molecule has 1 N–H and O–H groups in total. The molecule has 0 spiro atoms. The molecule has 0 saturated heterocycles. The Labute approximate surface area is 103 Å². The van der Waals surface area contributed by atoms with E-state index < -0.39 is 16.8 Å². The third kappa shape index (κ3) is 2.94. The summed E-state index contributed by atoms with van der Waals surface area (Å²) in [6.45, 7) is 0. The van der Waals surface area contributed by atoms with Crippen LogP contribution in [0.3, 0.4) is 0 Å². The summed E-state index contributed by atoms with van der Waals surface area (Å²) in [5.74, 6) is -0.944. The van der Waals surface area contributed by atoms with Crippen LogP contribution in [0.1, 0.15) is 42.5 Å². The maximum atomic E-state index is 12.2. The zero-order valence-corrected chi connectivity index (χ0v) is 10.4. The summed E-state index contributed by atoms with van der Waals surface area (Å²) in [6, 6.07) is 6.40. The molecule has 1 atom stereocenters. The van der Waals surface area contributed by atoms with Gasteiger partial charge >= 0.3 is 5.97 Å². The molecular weight excluding hydrogens is 236 g/mol. The highest BCUT2D eigenvalue weighted by Crippen LogP contribution is 2.25. The molecular formula is C13H16O3S. The van der Waals surface area contributed by atoms with Gasteiger partial charge in [0.25, 0.3) is 0 Å². The lowest BCUT2D eigenvalue weighted by Crippen LogP contribution is -2.18. The smallest absolute Gasteiger partial charge is 0.335 e. The molecule has 1 aromatic carbocycles. The second-order valence-corrected chi connectivity index (χ2v) is 6.12. The third-order valence-electron chi connectivity index (χ3n) is 3.19. The van der Waals surface area contributed by atoms with Crippen LogP contribution >= 0.6 is 0 Å². The Morgan fingerprint density at radius 2 is 1.71 bits per heavy atom. The summed E-state index contributed by atoms with van der Waals surface area (Å²) in [5, 5.41) is 9.04. The SMILES string of the molecule is O=C(O)c1ccc(S(=O)C2CCCCC2)cc1. The number of carbonyl (C=O) groups is 1. The molecule has 1 fully saturated rings. The van der Waals surface area contributed by atoms with E-state index in [-0.39, 0.29) is 10.8 Å². The first kappa shape index (κ1) is 12.3. The quantitative estimate of drug-likeness (QED) is 0.900. The summed E-state index contributed by atoms with van der Waals surface area (Å²) in [7, 11) is -0.984. The Hall–Kier alpha value is -1.16. The van der Waals surface area contributed by atoms with E-state index in [9.17, 15) is 9.00 Å². The van der Waals surface area contributed by atoms with E-state index in [1.807, 2.05) is 0 Å². The molecule has 17 heavy (non-hydrogen) atoms. The first-order valence-corrected chi connectivity index (χ1v) is 7.14. The minimum Gasteiger partial charge on any atom is -0.478 e. The summed E-state index contributed by atoms with van der Waals surface area (Å²) in [5.41, 5.74) is 0.245. The van der Waals surface area contributed by atoms with Gasteiger partial charge in [-0.15, -0.1) is 0 Å². The van der Waals surface area contributed by atoms with E-state index in [0.717, 1.165) is 30.6 Å². The largest absolute Gasteiger partial charge is 0.478 e. The lowest BCUT2D eigenvalue weighted by molar-refractivity contribution is 0.0697. The topological polar surface area (TPSA) is 54.4 Å². The molecule has 0 radical (unpaired) electrons. The molecule has 0 aromatic heterocycles. The van der Waals surface area contributed by atoms with Gasteiger partial charge in [0.05, 0.1) is 16.4 Å². The predicted molar refractivity (Wildman–Crippen MR) is 66.7 cm³/mol. The summed E-state index contributed by atoms with van der Waals surface area (Å²) in [4.78, 5) is 11.5. The third-order valence-corrected chi connectivity index (χ3v) is 5.00. The van der Waals surface area contributed by atoms with E-state index in [4.69, 9.17) is 5.11 Å². The Bertz CT molecular complexity index is 419. The molecule has 1 saturated carbocycles. The maximum Gasteiger partial charge on any atom is 0.335 e. The van der Waals surface area contributed by atoms with Crippen LogP contribution in [0.2, 0.25) is 0 Å². The molecule has 0 aliphatic heterocycles. The van der Waals surface area contributed by atoms with Gasteiger partial charge in [-0.05, 0) is 37.1 Å². The van der Waals surface area contributed by atoms with Crippen molar-refractivity contribution >= 4 is 16.8 Å². The highest BCUT2D eigenvalue weighted by atomic mass is 32.2. The van der Waals surface area contributed by atoms with Gasteiger partial charge in [0.15, 0.2) is 0 Å². The summed E-state index contributed by atoms with van der Waals surface area (Å²) >= 11 is 0. The fourth-order valence-electron chi connectivity index (χ4n) is 2.20. The number of carboxylic acids is 1. The normalized spacial score (nSPS) is 18.8. The lowest BCUT2D eigenvalue weighted by Gasteiger charge is -2.20. The first-order valence-electron chi connectivity index (χ1n) is 5.92. The van der Waals surface area contributed by atoms with Gasteiger partial charge in [-0.25, -0.2) is 4.79 Å². The van der Waals surface area contributed by atoms with Crippen LogP contribution in [0.15, 0.2) is 29.2 Å². The molecule has 0 amide bonds. The zero-order chi connectivity index (χ0) is 12.3. The van der Waals surface area contributed by atoms with Crippen LogP contribution in [0.25, 0.3) is 0 Å². The van der Waals surface area contributed by atoms with Crippen LogP contribution in [0, 0.1) is 0 Å². The van der Waals surface area contributed by atoms with E-state index in [1.54, 1.807) is 12.1 Å². The highest BCUT2D eigenvalue weighted by Gasteiger charge is 2.21. The van der Waals surface area contributed by atoms with Crippen molar-refractivity contribution in [3.05, 3.63) is 29.8 Å². The van der Waals surface area contributed by atoms with E-state index in [2.05, 4.69) is 0 Å². The van der Waals surface area contributed by atoms with Gasteiger partial charge in [-0.1, -0.05) is 19.3 Å². The minimum absolute atomic E-state index is 0.245. The van der Waals surface area contributed by atoms with Crippen LogP contribution in [0.4, 0.5) is 0 Å². The Kier molecular flexibility index (Phi) is 3.94. The van der Waals surface area contributed by atoms with Gasteiger partial charge in [-0.3, -0.25) is 4.21 Å². The number of rotatable bonds is 3. The van der Waals surface area contributed by atoms with Crippen LogP contribution in [-0.2, 0) is 10.8 Å². The molecule has 1 aromatic rings. The Morgan fingerprint density at radius 3 is 2.24 bits per heavy atom. The van der Waals surface area contributed by atoms with Crippen molar-refractivity contribution in [2.75, 3.05) is 0 Å². The molecule has 0 heterocycles. The second kappa shape index (κ2) is 5.45. The van der Waals surface area contributed by atoms with Gasteiger partial charge < -0.3 is 5.11 Å². The van der Waals surface area contributed by atoms with E-state index >= 15 is 0 Å². The average Bonchev–Trinajstić information content (AvgIpc) is 2.39. The van der Waals surface area contributed by atoms with Gasteiger partial charge in [0.1, 0.15) is 0 Å². The van der Waals surface area contributed by atoms with Crippen molar-refractivity contribution in [3.8, 4) is 0 Å². The standard InChI is InChI=1S/C13H16O3S/c14-13(15)10-6-8-12(9-7-10)17(16)11-4-2-1-3-5-11/h6-9,11H,1-5H2,(H,14,15). The lowest BCUT2D eigenvalue weighted by atomic mass is 10.0. The number of benzene rings is 1. The van der Waals surface area contributed by atoms with Gasteiger partial charge in [0, 0.05) is 10.1 Å². The maximum absolute atomic E-state index is 12.2. The summed E-state index contributed by atoms with van der Waals surface area (Å²) < 4.78 is 12.2. The van der Waals surface area contributed by atoms with Gasteiger partial charge in [0.2, 0.25) is 0 Å². The molecule has 3 nitrogen and oxygen atoms in total. The number of aromatic carboxylic acids is 1. The number of hydrogen-bond acceptors (Lipinski definition) is 2. The fraction of sp³-hybridized carbons (Fsp3) is 0.462. The Balaban J connectivity index is 2.10. The van der Waals surface area contributed by atoms with Crippen LogP contribution in [-0.4, -0.2) is 20.5 Å². The van der Waals surface area contributed by atoms with Crippen LogP contribution < -0.4 is 0 Å². The first-order chi connectivity index (χ1) is 8.18. The van der Waals surface area contributed by atoms with Crippen molar-refractivity contribution in [2.45, 2.75) is 42.2 Å². The molecule has 1 unspecified atom stereocenters. The van der Waals surface area contributed by atoms with Crippen molar-refractivity contribution in [1.82, 2.24) is 0 Å². The van der Waals surface area contributed by atoms with E-state index in [1.165, 1.54) is 18.6 Å². The van der Waals surface area contributed by atoms with Crippen molar-refractivity contribution < 1.29 is 14.1 Å². The minimum atomic E-state index is -0.984. The van der Waals surface area contributed by atoms with Crippen molar-refractivity contribution in [2.24, 2.45) is 0 Å². The van der Waals surface area contributed by atoms with E-state index in [0.29, 0.717) is 0 Å². The average molecular weight is 252 g/mol. The number of carboxylic acid groups (broad SMARTS) is 1. The molecule has 1 aliphatic carbocycles. The molecule has 2 rings (SSSR count). The summed E-state index contributed by atoms with van der Waals surface area (Å²) in [6.07, 6.45) is 5.60. The molecule has 4 heteroatoms. The second-order valence-electron chi connectivity index (χ2n) is 4.39. The Morgan fingerprint density at radius 1 is 1.12 bits per heavy atom. The fourth-order valence-corrected chi connectivity index (χ4v) is 3.75. The van der Waals surface area contributed by atoms with Crippen LogP contribution in [0.5, 0.6) is 0 Å². The monoisotopic (exact) mass is 252 g/mol. The number of hydrogen-bond donors (Lipinski definition) is 1. The molecule has 0 bridgehead atoms. The van der Waals surface area contributed by atoms with Crippen molar-refractivity contribution in [3.63, 3.8) is 0 Å².